The molecule has 0 aliphatic carbocycles. The molecule has 0 spiro atoms. The van der Waals surface area contributed by atoms with Crippen molar-refractivity contribution in [2.45, 2.75) is 6.92 Å². The number of ether oxygens (including phenoxy) is 2. The minimum atomic E-state index is -1.03. The number of hydrogen-bond donors (Lipinski definition) is 1. The summed E-state index contributed by atoms with van der Waals surface area (Å²) in [4.78, 5) is 18.9. The lowest BCUT2D eigenvalue weighted by Gasteiger charge is -2.09. The van der Waals surface area contributed by atoms with Crippen LogP contribution in [0.4, 0.5) is 0 Å². The van der Waals surface area contributed by atoms with Crippen LogP contribution in [0.15, 0.2) is 30.6 Å². The van der Waals surface area contributed by atoms with Crippen LogP contribution in [0.25, 0.3) is 0 Å². The van der Waals surface area contributed by atoms with Crippen LogP contribution in [0.3, 0.4) is 0 Å². The zero-order chi connectivity index (χ0) is 13.8. The number of aryl methyl sites for hydroxylation is 1. The first-order valence-electron chi connectivity index (χ1n) is 5.48. The van der Waals surface area contributed by atoms with E-state index in [0.717, 1.165) is 5.56 Å². The van der Waals surface area contributed by atoms with E-state index in [2.05, 4.69) is 9.97 Å². The van der Waals surface area contributed by atoms with Crippen LogP contribution in [0, 0.1) is 6.92 Å². The second-order valence-corrected chi connectivity index (χ2v) is 3.82. The number of nitrogens with zero attached hydrogens (tertiary/aromatic N) is 2. The molecule has 0 aliphatic rings. The number of aromatic carboxylic acids is 1. The van der Waals surface area contributed by atoms with Gasteiger partial charge < -0.3 is 14.6 Å². The van der Waals surface area contributed by atoms with Gasteiger partial charge in [0.05, 0.1) is 12.7 Å². The Morgan fingerprint density at radius 3 is 2.47 bits per heavy atom. The molecule has 0 radical (unpaired) electrons. The van der Waals surface area contributed by atoms with Crippen LogP contribution >= 0.6 is 0 Å². The Balaban J connectivity index is 2.29. The summed E-state index contributed by atoms with van der Waals surface area (Å²) in [6, 6.07) is 4.48. The van der Waals surface area contributed by atoms with Crippen molar-refractivity contribution in [3.8, 4) is 17.5 Å². The highest BCUT2D eigenvalue weighted by atomic mass is 16.5. The van der Waals surface area contributed by atoms with Crippen molar-refractivity contribution < 1.29 is 19.4 Å². The molecular weight excluding hydrogens is 248 g/mol. The topological polar surface area (TPSA) is 81.5 Å². The molecule has 0 unspecified atom stereocenters. The third-order valence-electron chi connectivity index (χ3n) is 2.37. The van der Waals surface area contributed by atoms with Gasteiger partial charge in [-0.25, -0.2) is 14.8 Å². The van der Waals surface area contributed by atoms with Gasteiger partial charge in [-0.05, 0) is 30.7 Å². The van der Waals surface area contributed by atoms with Gasteiger partial charge in [-0.2, -0.15) is 0 Å². The number of carboxylic acid groups (broad SMARTS) is 1. The van der Waals surface area contributed by atoms with Gasteiger partial charge in [-0.15, -0.1) is 0 Å². The molecule has 0 bridgehead atoms. The van der Waals surface area contributed by atoms with Crippen LogP contribution in [-0.2, 0) is 0 Å². The van der Waals surface area contributed by atoms with E-state index >= 15 is 0 Å². The normalized spacial score (nSPS) is 10.0. The third-order valence-corrected chi connectivity index (χ3v) is 2.37. The second kappa shape index (κ2) is 5.34. The Morgan fingerprint density at radius 1 is 1.21 bits per heavy atom. The highest BCUT2D eigenvalue weighted by molar-refractivity contribution is 5.88. The van der Waals surface area contributed by atoms with Crippen molar-refractivity contribution in [2.24, 2.45) is 0 Å². The van der Waals surface area contributed by atoms with Gasteiger partial charge in [0.1, 0.15) is 0 Å². The summed E-state index contributed by atoms with van der Waals surface area (Å²) in [6.07, 6.45) is 3.25. The van der Waals surface area contributed by atoms with Gasteiger partial charge in [0.25, 0.3) is 0 Å². The first-order valence-corrected chi connectivity index (χ1v) is 5.48. The largest absolute Gasteiger partial charge is 0.493 e. The molecule has 0 fully saturated rings. The van der Waals surface area contributed by atoms with Gasteiger partial charge in [0, 0.05) is 12.4 Å². The summed E-state index contributed by atoms with van der Waals surface area (Å²) in [5, 5.41) is 8.89. The number of aromatic nitrogens is 2. The predicted octanol–water partition coefficient (Wildman–Crippen LogP) is 2.28. The van der Waals surface area contributed by atoms with Crippen molar-refractivity contribution in [3.05, 3.63) is 41.7 Å². The van der Waals surface area contributed by atoms with E-state index in [0.29, 0.717) is 11.5 Å². The lowest BCUT2D eigenvalue weighted by molar-refractivity contribution is 0.0696. The van der Waals surface area contributed by atoms with Crippen LogP contribution in [-0.4, -0.2) is 28.2 Å². The quantitative estimate of drug-likeness (QED) is 0.908. The number of methoxy groups -OCH3 is 1. The van der Waals surface area contributed by atoms with Crippen LogP contribution in [0.5, 0.6) is 17.5 Å². The zero-order valence-corrected chi connectivity index (χ0v) is 10.5. The fourth-order valence-electron chi connectivity index (χ4n) is 1.42. The number of carboxylic acids is 1. The fraction of sp³-hybridized carbons (Fsp3) is 0.154. The van der Waals surface area contributed by atoms with Gasteiger partial charge in [0.2, 0.25) is 0 Å². The molecule has 0 saturated heterocycles. The van der Waals surface area contributed by atoms with Gasteiger partial charge in [-0.1, -0.05) is 0 Å². The lowest BCUT2D eigenvalue weighted by atomic mass is 10.2. The van der Waals surface area contributed by atoms with E-state index in [1.54, 1.807) is 12.4 Å². The smallest absolute Gasteiger partial charge is 0.335 e. The molecule has 1 heterocycles. The minimum absolute atomic E-state index is 0.119. The maximum absolute atomic E-state index is 10.9. The van der Waals surface area contributed by atoms with Crippen molar-refractivity contribution in [1.29, 1.82) is 0 Å². The Kier molecular flexibility index (Phi) is 3.61. The molecule has 19 heavy (non-hydrogen) atoms. The summed E-state index contributed by atoms with van der Waals surface area (Å²) in [5.74, 6) is -0.364. The van der Waals surface area contributed by atoms with Crippen LogP contribution < -0.4 is 9.47 Å². The Labute approximate surface area is 109 Å². The average molecular weight is 260 g/mol. The number of rotatable bonds is 4. The van der Waals surface area contributed by atoms with E-state index in [9.17, 15) is 4.79 Å². The lowest BCUT2D eigenvalue weighted by Crippen LogP contribution is -1.99. The van der Waals surface area contributed by atoms with Crippen LogP contribution in [0.1, 0.15) is 15.9 Å². The Morgan fingerprint density at radius 2 is 1.89 bits per heavy atom. The monoisotopic (exact) mass is 260 g/mol. The molecule has 1 aromatic heterocycles. The molecule has 0 amide bonds. The molecule has 1 aromatic carbocycles. The number of hydrogen-bond acceptors (Lipinski definition) is 5. The van der Waals surface area contributed by atoms with E-state index in [4.69, 9.17) is 14.6 Å². The van der Waals surface area contributed by atoms with Gasteiger partial charge in [0.15, 0.2) is 11.5 Å². The molecule has 0 atom stereocenters. The van der Waals surface area contributed by atoms with Crippen LogP contribution in [0.2, 0.25) is 0 Å². The average Bonchev–Trinajstić information content (AvgIpc) is 2.41. The first-order chi connectivity index (χ1) is 9.10. The molecule has 0 saturated carbocycles. The minimum Gasteiger partial charge on any atom is -0.493 e. The molecule has 6 heteroatoms. The highest BCUT2D eigenvalue weighted by Crippen LogP contribution is 2.30. The van der Waals surface area contributed by atoms with E-state index < -0.39 is 5.97 Å². The molecule has 98 valence electrons. The van der Waals surface area contributed by atoms with Crippen molar-refractivity contribution >= 4 is 5.97 Å². The second-order valence-electron chi connectivity index (χ2n) is 3.82. The Hall–Kier alpha value is -2.63. The predicted molar refractivity (Wildman–Crippen MR) is 66.8 cm³/mol. The summed E-state index contributed by atoms with van der Waals surface area (Å²) in [5.41, 5.74) is 1.04. The van der Waals surface area contributed by atoms with E-state index in [-0.39, 0.29) is 11.6 Å². The molecule has 6 nitrogen and oxygen atoms in total. The standard InChI is InChI=1S/C13H12N2O4/c1-8-6-14-13(15-7-8)19-10-4-3-9(12(16)17)5-11(10)18-2/h3-7H,1-2H3,(H,16,17). The summed E-state index contributed by atoms with van der Waals surface area (Å²) in [7, 11) is 1.43. The van der Waals surface area contributed by atoms with Gasteiger partial charge in [-0.3, -0.25) is 0 Å². The molecule has 1 N–H and O–H groups in total. The number of carbonyl (C=O) groups is 1. The fourth-order valence-corrected chi connectivity index (χ4v) is 1.42. The third kappa shape index (κ3) is 2.98. The zero-order valence-electron chi connectivity index (χ0n) is 10.5. The first kappa shape index (κ1) is 12.8. The highest BCUT2D eigenvalue weighted by Gasteiger charge is 2.11. The molecular formula is C13H12N2O4. The SMILES string of the molecule is COc1cc(C(=O)O)ccc1Oc1ncc(C)cn1. The summed E-state index contributed by atoms with van der Waals surface area (Å²) >= 11 is 0. The number of benzene rings is 1. The molecule has 2 rings (SSSR count). The van der Waals surface area contributed by atoms with Crippen molar-refractivity contribution in [2.75, 3.05) is 7.11 Å². The molecule has 2 aromatic rings. The Bertz CT molecular complexity index is 596. The van der Waals surface area contributed by atoms with Crippen molar-refractivity contribution in [3.63, 3.8) is 0 Å². The van der Waals surface area contributed by atoms with Gasteiger partial charge >= 0.3 is 12.0 Å². The van der Waals surface area contributed by atoms with Crippen molar-refractivity contribution in [1.82, 2.24) is 9.97 Å². The summed E-state index contributed by atoms with van der Waals surface area (Å²) < 4.78 is 10.5. The van der Waals surface area contributed by atoms with E-state index in [1.165, 1.54) is 25.3 Å². The maximum Gasteiger partial charge on any atom is 0.335 e. The summed E-state index contributed by atoms with van der Waals surface area (Å²) in [6.45, 7) is 1.87. The van der Waals surface area contributed by atoms with E-state index in [1.807, 2.05) is 6.92 Å². The molecule has 0 aliphatic heterocycles. The maximum atomic E-state index is 10.9.